The fourth-order valence-corrected chi connectivity index (χ4v) is 1.35. The Morgan fingerprint density at radius 1 is 1.35 bits per heavy atom. The van der Waals surface area contributed by atoms with Gasteiger partial charge in [-0.1, -0.05) is 30.3 Å². The van der Waals surface area contributed by atoms with Crippen molar-refractivity contribution in [1.29, 1.82) is 0 Å². The van der Waals surface area contributed by atoms with Crippen LogP contribution in [-0.4, -0.2) is 36.0 Å². The molecule has 0 bridgehead atoms. The first-order chi connectivity index (χ1) is 8.15. The Morgan fingerprint density at radius 2 is 2.00 bits per heavy atom. The van der Waals surface area contributed by atoms with E-state index < -0.39 is 11.8 Å². The predicted molar refractivity (Wildman–Crippen MR) is 60.0 cm³/mol. The van der Waals surface area contributed by atoms with Gasteiger partial charge in [0.15, 0.2) is 0 Å². The fraction of sp³-hybridized carbons (Fsp3) is 0.417. The highest BCUT2D eigenvalue weighted by atomic mass is 16.7. The molecule has 0 spiro atoms. The average Bonchev–Trinajstić information content (AvgIpc) is 2.37. The smallest absolute Gasteiger partial charge is 0.371 e. The van der Waals surface area contributed by atoms with E-state index in [2.05, 4.69) is 0 Å². The van der Waals surface area contributed by atoms with E-state index in [4.69, 9.17) is 14.6 Å². The summed E-state index contributed by atoms with van der Waals surface area (Å²) >= 11 is 0. The average molecular weight is 240 g/mol. The number of ether oxygens (including phenoxy) is 2. The number of rotatable bonds is 6. The fourth-order valence-electron chi connectivity index (χ4n) is 1.35. The van der Waals surface area contributed by atoms with Crippen LogP contribution in [0.3, 0.4) is 0 Å². The number of esters is 1. The molecule has 5 nitrogen and oxygen atoms in total. The van der Waals surface area contributed by atoms with Gasteiger partial charge in [-0.25, -0.2) is 4.79 Å². The minimum absolute atomic E-state index is 0.135. The van der Waals surface area contributed by atoms with Gasteiger partial charge in [-0.05, 0) is 6.92 Å². The summed E-state index contributed by atoms with van der Waals surface area (Å²) in [5.74, 6) is -3.06. The van der Waals surface area contributed by atoms with Gasteiger partial charge < -0.3 is 19.7 Å². The maximum atomic E-state index is 11.7. The zero-order valence-electron chi connectivity index (χ0n) is 9.63. The molecule has 0 aliphatic heterocycles. The molecule has 0 aliphatic rings. The second-order valence-corrected chi connectivity index (χ2v) is 3.30. The summed E-state index contributed by atoms with van der Waals surface area (Å²) in [7, 11) is 0. The standard InChI is InChI=1S/C12H16O5/c1-2-16-11(14)12(15,17-9-8-13)10-6-4-3-5-7-10/h3-7,13,15H,2,8-9H2,1H3. The van der Waals surface area contributed by atoms with Crippen LogP contribution in [0.15, 0.2) is 30.3 Å². The van der Waals surface area contributed by atoms with Crippen molar-refractivity contribution in [2.75, 3.05) is 19.8 Å². The number of hydrogen-bond acceptors (Lipinski definition) is 5. The molecule has 0 aromatic heterocycles. The van der Waals surface area contributed by atoms with Gasteiger partial charge in [0.05, 0.1) is 19.8 Å². The third kappa shape index (κ3) is 3.26. The molecule has 17 heavy (non-hydrogen) atoms. The Balaban J connectivity index is 2.97. The summed E-state index contributed by atoms with van der Waals surface area (Å²) in [5.41, 5.74) is 0.270. The highest BCUT2D eigenvalue weighted by Crippen LogP contribution is 2.24. The molecule has 0 radical (unpaired) electrons. The summed E-state index contributed by atoms with van der Waals surface area (Å²) in [6.45, 7) is 1.31. The quantitative estimate of drug-likeness (QED) is 0.556. The zero-order chi connectivity index (χ0) is 12.7. The molecule has 0 amide bonds. The van der Waals surface area contributed by atoms with Crippen LogP contribution in [0.25, 0.3) is 0 Å². The summed E-state index contributed by atoms with van der Waals surface area (Å²) in [6.07, 6.45) is 0. The maximum Gasteiger partial charge on any atom is 0.371 e. The minimum atomic E-state index is -2.17. The SMILES string of the molecule is CCOC(=O)C(O)(OCCO)c1ccccc1. The number of carbonyl (C=O) groups is 1. The molecule has 1 unspecified atom stereocenters. The molecule has 0 saturated heterocycles. The van der Waals surface area contributed by atoms with E-state index in [9.17, 15) is 9.90 Å². The van der Waals surface area contributed by atoms with Crippen LogP contribution in [0.5, 0.6) is 0 Å². The molecule has 2 N–H and O–H groups in total. The van der Waals surface area contributed by atoms with Gasteiger partial charge >= 0.3 is 5.97 Å². The molecule has 0 aliphatic carbocycles. The van der Waals surface area contributed by atoms with Crippen LogP contribution in [0.4, 0.5) is 0 Å². The number of aliphatic hydroxyl groups excluding tert-OH is 1. The third-order valence-corrected chi connectivity index (χ3v) is 2.12. The van der Waals surface area contributed by atoms with Crippen LogP contribution in [0.2, 0.25) is 0 Å². The van der Waals surface area contributed by atoms with E-state index in [1.165, 1.54) is 0 Å². The van der Waals surface area contributed by atoms with Gasteiger partial charge in [-0.15, -0.1) is 0 Å². The number of aliphatic hydroxyl groups is 2. The lowest BCUT2D eigenvalue weighted by atomic mass is 10.1. The summed E-state index contributed by atoms with van der Waals surface area (Å²) in [4.78, 5) is 11.7. The van der Waals surface area contributed by atoms with Crippen LogP contribution in [0, 0.1) is 0 Å². The highest BCUT2D eigenvalue weighted by molar-refractivity contribution is 5.79. The van der Waals surface area contributed by atoms with Crippen molar-refractivity contribution in [2.24, 2.45) is 0 Å². The Bertz CT molecular complexity index is 351. The van der Waals surface area contributed by atoms with Crippen LogP contribution in [-0.2, 0) is 20.1 Å². The van der Waals surface area contributed by atoms with Crippen molar-refractivity contribution in [3.63, 3.8) is 0 Å². The molecule has 0 heterocycles. The Labute approximate surface area is 99.6 Å². The first-order valence-corrected chi connectivity index (χ1v) is 5.35. The first kappa shape index (κ1) is 13.6. The van der Waals surface area contributed by atoms with Gasteiger partial charge in [0.1, 0.15) is 0 Å². The molecular weight excluding hydrogens is 224 g/mol. The zero-order valence-corrected chi connectivity index (χ0v) is 9.63. The normalized spacial score (nSPS) is 14.1. The lowest BCUT2D eigenvalue weighted by Gasteiger charge is -2.25. The number of hydrogen-bond donors (Lipinski definition) is 2. The van der Waals surface area contributed by atoms with E-state index in [1.54, 1.807) is 37.3 Å². The van der Waals surface area contributed by atoms with Crippen molar-refractivity contribution in [1.82, 2.24) is 0 Å². The van der Waals surface area contributed by atoms with Gasteiger partial charge in [-0.3, -0.25) is 0 Å². The lowest BCUT2D eigenvalue weighted by Crippen LogP contribution is -2.40. The number of benzene rings is 1. The van der Waals surface area contributed by atoms with E-state index in [1.807, 2.05) is 0 Å². The molecule has 1 aromatic carbocycles. The monoisotopic (exact) mass is 240 g/mol. The van der Waals surface area contributed by atoms with Crippen LogP contribution >= 0.6 is 0 Å². The second-order valence-electron chi connectivity index (χ2n) is 3.30. The number of carbonyl (C=O) groups excluding carboxylic acids is 1. The Morgan fingerprint density at radius 3 is 2.53 bits per heavy atom. The summed E-state index contributed by atoms with van der Waals surface area (Å²) in [5, 5.41) is 18.9. The van der Waals surface area contributed by atoms with Gasteiger partial charge in [0.25, 0.3) is 5.79 Å². The molecule has 1 atom stereocenters. The molecule has 5 heteroatoms. The lowest BCUT2D eigenvalue weighted by molar-refractivity contribution is -0.236. The maximum absolute atomic E-state index is 11.7. The third-order valence-electron chi connectivity index (χ3n) is 2.12. The van der Waals surface area contributed by atoms with E-state index in [-0.39, 0.29) is 25.4 Å². The van der Waals surface area contributed by atoms with Crippen molar-refractivity contribution in [2.45, 2.75) is 12.7 Å². The molecular formula is C12H16O5. The Kier molecular flexibility index (Phi) is 5.09. The van der Waals surface area contributed by atoms with E-state index in [0.29, 0.717) is 0 Å². The van der Waals surface area contributed by atoms with Crippen molar-refractivity contribution >= 4 is 5.97 Å². The minimum Gasteiger partial charge on any atom is -0.462 e. The van der Waals surface area contributed by atoms with Crippen LogP contribution in [0.1, 0.15) is 12.5 Å². The molecule has 0 fully saturated rings. The van der Waals surface area contributed by atoms with Crippen molar-refractivity contribution in [3.05, 3.63) is 35.9 Å². The van der Waals surface area contributed by atoms with E-state index in [0.717, 1.165) is 0 Å². The highest BCUT2D eigenvalue weighted by Gasteiger charge is 2.41. The van der Waals surface area contributed by atoms with Crippen molar-refractivity contribution < 1.29 is 24.5 Å². The predicted octanol–water partition coefficient (Wildman–Crippen LogP) is 0.404. The Hall–Kier alpha value is -1.43. The van der Waals surface area contributed by atoms with Gasteiger partial charge in [0.2, 0.25) is 0 Å². The second kappa shape index (κ2) is 6.34. The topological polar surface area (TPSA) is 76.0 Å². The summed E-state index contributed by atoms with van der Waals surface area (Å²) < 4.78 is 9.77. The largest absolute Gasteiger partial charge is 0.462 e. The molecule has 94 valence electrons. The molecule has 1 aromatic rings. The van der Waals surface area contributed by atoms with Gasteiger partial charge in [0, 0.05) is 5.56 Å². The van der Waals surface area contributed by atoms with Crippen LogP contribution < -0.4 is 0 Å². The molecule has 0 saturated carbocycles. The summed E-state index contributed by atoms with van der Waals surface area (Å²) in [6, 6.07) is 8.19. The van der Waals surface area contributed by atoms with E-state index >= 15 is 0 Å². The van der Waals surface area contributed by atoms with Crippen molar-refractivity contribution in [3.8, 4) is 0 Å². The first-order valence-electron chi connectivity index (χ1n) is 5.35. The van der Waals surface area contributed by atoms with Gasteiger partial charge in [-0.2, -0.15) is 0 Å². The molecule has 1 rings (SSSR count).